The minimum absolute atomic E-state index is 0.0424. The molecule has 0 unspecified atom stereocenters. The lowest BCUT2D eigenvalue weighted by Gasteiger charge is -2.28. The van der Waals surface area contributed by atoms with E-state index in [4.69, 9.17) is 10.6 Å². The number of ether oxygens (including phenoxy) is 1. The summed E-state index contributed by atoms with van der Waals surface area (Å²) < 4.78 is 5.21. The van der Waals surface area contributed by atoms with E-state index in [9.17, 15) is 4.79 Å². The Hall–Kier alpha value is -2.09. The number of piperazine rings is 1. The van der Waals surface area contributed by atoms with E-state index >= 15 is 0 Å². The average molecular weight is 238 g/mol. The van der Waals surface area contributed by atoms with Gasteiger partial charge in [0.2, 0.25) is 11.7 Å². The van der Waals surface area contributed by atoms with Crippen LogP contribution in [0, 0.1) is 0 Å². The predicted octanol–water partition coefficient (Wildman–Crippen LogP) is -1.29. The van der Waals surface area contributed by atoms with E-state index in [1.807, 2.05) is 4.90 Å². The van der Waals surface area contributed by atoms with Gasteiger partial charge in [-0.05, 0) is 0 Å². The molecule has 8 nitrogen and oxygen atoms in total. The highest BCUT2D eigenvalue weighted by Crippen LogP contribution is 2.31. The lowest BCUT2D eigenvalue weighted by Crippen LogP contribution is -2.48. The summed E-state index contributed by atoms with van der Waals surface area (Å²) in [5.74, 6) is 6.68. The van der Waals surface area contributed by atoms with E-state index in [0.717, 1.165) is 0 Å². The fourth-order valence-electron chi connectivity index (χ4n) is 1.70. The van der Waals surface area contributed by atoms with Gasteiger partial charge in [-0.2, -0.15) is 0 Å². The largest absolute Gasteiger partial charge is 0.490 e. The van der Waals surface area contributed by atoms with Crippen LogP contribution in [0.2, 0.25) is 0 Å². The van der Waals surface area contributed by atoms with E-state index in [2.05, 4.69) is 20.7 Å². The minimum atomic E-state index is -0.0424. The first-order valence-corrected chi connectivity index (χ1v) is 5.13. The van der Waals surface area contributed by atoms with E-state index in [1.54, 1.807) is 0 Å². The number of carbonyl (C=O) groups is 1. The summed E-state index contributed by atoms with van der Waals surface area (Å²) in [6, 6.07) is 0. The van der Waals surface area contributed by atoms with Gasteiger partial charge >= 0.3 is 0 Å². The second-order valence-corrected chi connectivity index (χ2v) is 3.49. The molecule has 92 valence electrons. The number of aromatic nitrogens is 2. The van der Waals surface area contributed by atoms with Crippen molar-refractivity contribution in [3.8, 4) is 5.75 Å². The number of nitrogens with two attached hydrogens (primary N) is 1. The Bertz CT molecular complexity index is 424. The number of hydrazine groups is 1. The molecule has 1 fully saturated rings. The third-order valence-electron chi connectivity index (χ3n) is 2.46. The molecule has 0 atom stereocenters. The van der Waals surface area contributed by atoms with Gasteiger partial charge in [0.05, 0.1) is 13.7 Å². The van der Waals surface area contributed by atoms with E-state index in [0.29, 0.717) is 30.5 Å². The zero-order chi connectivity index (χ0) is 12.3. The molecule has 2 rings (SSSR count). The van der Waals surface area contributed by atoms with E-state index in [1.165, 1.54) is 13.4 Å². The first-order valence-electron chi connectivity index (χ1n) is 5.13. The Morgan fingerprint density at radius 3 is 3.06 bits per heavy atom. The molecule has 1 aliphatic heterocycles. The van der Waals surface area contributed by atoms with Gasteiger partial charge in [0.25, 0.3) is 0 Å². The van der Waals surface area contributed by atoms with Crippen LogP contribution in [0.25, 0.3) is 0 Å². The fraction of sp³-hybridized carbons (Fsp3) is 0.444. The topological polar surface area (TPSA) is 105 Å². The van der Waals surface area contributed by atoms with Crippen molar-refractivity contribution in [3.63, 3.8) is 0 Å². The predicted molar refractivity (Wildman–Crippen MR) is 61.6 cm³/mol. The van der Waals surface area contributed by atoms with Crippen molar-refractivity contribution < 1.29 is 9.53 Å². The second-order valence-electron chi connectivity index (χ2n) is 3.49. The first kappa shape index (κ1) is 11.4. The Morgan fingerprint density at radius 2 is 2.41 bits per heavy atom. The molecule has 1 aromatic rings. The van der Waals surface area contributed by atoms with Crippen molar-refractivity contribution in [2.45, 2.75) is 0 Å². The fourth-order valence-corrected chi connectivity index (χ4v) is 1.70. The minimum Gasteiger partial charge on any atom is -0.490 e. The monoisotopic (exact) mass is 238 g/mol. The van der Waals surface area contributed by atoms with E-state index in [-0.39, 0.29) is 12.5 Å². The molecular weight excluding hydrogens is 224 g/mol. The number of hydrogen-bond donors (Lipinski definition) is 3. The van der Waals surface area contributed by atoms with Crippen molar-refractivity contribution in [1.29, 1.82) is 0 Å². The zero-order valence-corrected chi connectivity index (χ0v) is 9.43. The maximum Gasteiger partial charge on any atom is 0.239 e. The number of amides is 1. The Morgan fingerprint density at radius 1 is 1.59 bits per heavy atom. The summed E-state index contributed by atoms with van der Waals surface area (Å²) in [6.07, 6.45) is 1.37. The molecule has 0 aliphatic carbocycles. The maximum atomic E-state index is 11.3. The second kappa shape index (κ2) is 4.83. The number of rotatable bonds is 3. The number of hydrogen-bond acceptors (Lipinski definition) is 7. The van der Waals surface area contributed by atoms with Crippen LogP contribution in [-0.4, -0.2) is 42.6 Å². The average Bonchev–Trinajstić information content (AvgIpc) is 2.37. The molecule has 17 heavy (non-hydrogen) atoms. The SMILES string of the molecule is COc1c(NN)ncnc1N1CCNC(=O)C1. The molecule has 0 aromatic carbocycles. The molecule has 1 aliphatic rings. The number of nitrogens with one attached hydrogen (secondary N) is 2. The summed E-state index contributed by atoms with van der Waals surface area (Å²) in [4.78, 5) is 21.2. The lowest BCUT2D eigenvalue weighted by atomic mass is 10.3. The molecule has 2 heterocycles. The van der Waals surface area contributed by atoms with Gasteiger partial charge in [-0.3, -0.25) is 4.79 Å². The molecule has 0 radical (unpaired) electrons. The normalized spacial score (nSPS) is 15.4. The van der Waals surface area contributed by atoms with Gasteiger partial charge < -0.3 is 20.4 Å². The van der Waals surface area contributed by atoms with Crippen molar-refractivity contribution >= 4 is 17.5 Å². The van der Waals surface area contributed by atoms with Crippen LogP contribution in [-0.2, 0) is 4.79 Å². The summed E-state index contributed by atoms with van der Waals surface area (Å²) >= 11 is 0. The third kappa shape index (κ3) is 2.21. The van der Waals surface area contributed by atoms with Gasteiger partial charge in [0.15, 0.2) is 11.6 Å². The molecule has 0 spiro atoms. The van der Waals surface area contributed by atoms with Crippen LogP contribution in [0.3, 0.4) is 0 Å². The van der Waals surface area contributed by atoms with Crippen LogP contribution >= 0.6 is 0 Å². The number of methoxy groups -OCH3 is 1. The van der Waals surface area contributed by atoms with Crippen LogP contribution < -0.4 is 26.2 Å². The smallest absolute Gasteiger partial charge is 0.239 e. The molecule has 1 saturated heterocycles. The summed E-state index contributed by atoms with van der Waals surface area (Å²) in [6.45, 7) is 1.50. The standard InChI is InChI=1S/C9H14N6O2/c1-17-7-8(14-10)12-5-13-9(7)15-3-2-11-6(16)4-15/h5H,2-4,10H2,1H3,(H,11,16)(H,12,13,14). The maximum absolute atomic E-state index is 11.3. The Labute approximate surface area is 98.1 Å². The quantitative estimate of drug-likeness (QED) is 0.444. The molecule has 1 amide bonds. The molecule has 0 saturated carbocycles. The van der Waals surface area contributed by atoms with Gasteiger partial charge in [-0.25, -0.2) is 15.8 Å². The zero-order valence-electron chi connectivity index (χ0n) is 9.43. The number of nitrogen functional groups attached to an aromatic ring is 1. The van der Waals surface area contributed by atoms with Crippen molar-refractivity contribution in [2.75, 3.05) is 37.1 Å². The number of carbonyl (C=O) groups excluding carboxylic acids is 1. The molecule has 1 aromatic heterocycles. The summed E-state index contributed by atoms with van der Waals surface area (Å²) in [5, 5.41) is 2.74. The van der Waals surface area contributed by atoms with Crippen LogP contribution in [0.1, 0.15) is 0 Å². The van der Waals surface area contributed by atoms with Crippen LogP contribution in [0.15, 0.2) is 6.33 Å². The third-order valence-corrected chi connectivity index (χ3v) is 2.46. The Kier molecular flexibility index (Phi) is 3.24. The highest BCUT2D eigenvalue weighted by atomic mass is 16.5. The van der Waals surface area contributed by atoms with Crippen LogP contribution in [0.4, 0.5) is 11.6 Å². The highest BCUT2D eigenvalue weighted by molar-refractivity contribution is 5.83. The van der Waals surface area contributed by atoms with Crippen molar-refractivity contribution in [3.05, 3.63) is 6.33 Å². The van der Waals surface area contributed by atoms with Gasteiger partial charge in [0, 0.05) is 13.1 Å². The van der Waals surface area contributed by atoms with E-state index < -0.39 is 0 Å². The van der Waals surface area contributed by atoms with Gasteiger partial charge in [-0.15, -0.1) is 0 Å². The number of anilines is 2. The number of nitrogens with zero attached hydrogens (tertiary/aromatic N) is 3. The summed E-state index contributed by atoms with van der Waals surface area (Å²) in [7, 11) is 1.51. The molecule has 8 heteroatoms. The lowest BCUT2D eigenvalue weighted by molar-refractivity contribution is -0.120. The molecule has 0 bridgehead atoms. The highest BCUT2D eigenvalue weighted by Gasteiger charge is 2.22. The van der Waals surface area contributed by atoms with Gasteiger partial charge in [0.1, 0.15) is 6.33 Å². The Balaban J connectivity index is 2.33. The molecule has 4 N–H and O–H groups in total. The van der Waals surface area contributed by atoms with Crippen LogP contribution in [0.5, 0.6) is 5.75 Å². The van der Waals surface area contributed by atoms with Gasteiger partial charge in [-0.1, -0.05) is 0 Å². The summed E-state index contributed by atoms with van der Waals surface area (Å²) in [5.41, 5.74) is 2.43. The van der Waals surface area contributed by atoms with Crippen molar-refractivity contribution in [1.82, 2.24) is 15.3 Å². The van der Waals surface area contributed by atoms with Crippen molar-refractivity contribution in [2.24, 2.45) is 5.84 Å². The molecular formula is C9H14N6O2. The first-order chi connectivity index (χ1) is 8.26.